The van der Waals surface area contributed by atoms with Crippen molar-refractivity contribution in [2.24, 2.45) is 11.8 Å². The molecule has 2 atom stereocenters. The SMILES string of the molecule is O=C(c1cc(C2CC2)nc2ccccc12)N1CC[C@H]2CCCC[C@H]2C1. The third-order valence-corrected chi connectivity index (χ3v) is 6.54. The van der Waals surface area contributed by atoms with Crippen LogP contribution in [0, 0.1) is 11.8 Å². The van der Waals surface area contributed by atoms with Crippen LogP contribution in [0.15, 0.2) is 30.3 Å². The van der Waals surface area contributed by atoms with E-state index >= 15 is 0 Å². The average molecular weight is 334 g/mol. The van der Waals surface area contributed by atoms with Crippen LogP contribution in [0.4, 0.5) is 0 Å². The van der Waals surface area contributed by atoms with E-state index in [0.29, 0.717) is 5.92 Å². The molecule has 0 unspecified atom stereocenters. The Morgan fingerprint density at radius 2 is 1.80 bits per heavy atom. The zero-order valence-corrected chi connectivity index (χ0v) is 14.8. The number of aromatic nitrogens is 1. The first-order valence-electron chi connectivity index (χ1n) is 9.98. The van der Waals surface area contributed by atoms with Gasteiger partial charge in [0.15, 0.2) is 0 Å². The molecule has 1 aliphatic heterocycles. The van der Waals surface area contributed by atoms with Gasteiger partial charge in [0, 0.05) is 30.1 Å². The number of nitrogens with zero attached hydrogens (tertiary/aromatic N) is 2. The second-order valence-corrected chi connectivity index (χ2v) is 8.23. The highest BCUT2D eigenvalue weighted by Crippen LogP contribution is 2.41. The van der Waals surface area contributed by atoms with Gasteiger partial charge < -0.3 is 4.90 Å². The van der Waals surface area contributed by atoms with Crippen molar-refractivity contribution in [2.75, 3.05) is 13.1 Å². The van der Waals surface area contributed by atoms with Gasteiger partial charge in [0.05, 0.1) is 11.1 Å². The first-order chi connectivity index (χ1) is 12.3. The molecular weight excluding hydrogens is 308 g/mol. The number of carbonyl (C=O) groups excluding carboxylic acids is 1. The normalized spacial score (nSPS) is 26.5. The van der Waals surface area contributed by atoms with Crippen LogP contribution in [0.3, 0.4) is 0 Å². The topological polar surface area (TPSA) is 33.2 Å². The van der Waals surface area contributed by atoms with Gasteiger partial charge in [-0.3, -0.25) is 9.78 Å². The zero-order valence-electron chi connectivity index (χ0n) is 14.8. The molecule has 0 bridgehead atoms. The van der Waals surface area contributed by atoms with Crippen molar-refractivity contribution in [2.45, 2.75) is 50.9 Å². The van der Waals surface area contributed by atoms with Crippen LogP contribution < -0.4 is 0 Å². The third-order valence-electron chi connectivity index (χ3n) is 6.54. The molecule has 1 aromatic heterocycles. The van der Waals surface area contributed by atoms with E-state index < -0.39 is 0 Å². The van der Waals surface area contributed by atoms with E-state index in [0.717, 1.165) is 47.1 Å². The minimum atomic E-state index is 0.226. The first-order valence-corrected chi connectivity index (χ1v) is 9.98. The Labute approximate surface area is 149 Å². The Hall–Kier alpha value is -1.90. The van der Waals surface area contributed by atoms with Gasteiger partial charge in [-0.05, 0) is 49.7 Å². The first kappa shape index (κ1) is 15.4. The smallest absolute Gasteiger partial charge is 0.254 e. The largest absolute Gasteiger partial charge is 0.338 e. The van der Waals surface area contributed by atoms with E-state index in [2.05, 4.69) is 17.0 Å². The van der Waals surface area contributed by atoms with Gasteiger partial charge in [-0.1, -0.05) is 37.5 Å². The lowest BCUT2D eigenvalue weighted by molar-refractivity contribution is 0.0522. The number of rotatable bonds is 2. The fraction of sp³-hybridized carbons (Fsp3) is 0.545. The van der Waals surface area contributed by atoms with Gasteiger partial charge in [-0.2, -0.15) is 0 Å². The number of hydrogen-bond donors (Lipinski definition) is 0. The summed E-state index contributed by atoms with van der Waals surface area (Å²) in [7, 11) is 0. The quantitative estimate of drug-likeness (QED) is 0.793. The second kappa shape index (κ2) is 6.12. The number of likely N-dealkylation sites (tertiary alicyclic amines) is 1. The molecule has 0 N–H and O–H groups in total. The summed E-state index contributed by atoms with van der Waals surface area (Å²) < 4.78 is 0. The molecule has 130 valence electrons. The van der Waals surface area contributed by atoms with Crippen LogP contribution in [-0.2, 0) is 0 Å². The molecule has 5 rings (SSSR count). The molecule has 1 amide bonds. The van der Waals surface area contributed by atoms with Gasteiger partial charge in [0.1, 0.15) is 0 Å². The van der Waals surface area contributed by atoms with Crippen molar-refractivity contribution in [3.05, 3.63) is 41.6 Å². The Bertz CT molecular complexity index is 811. The minimum Gasteiger partial charge on any atom is -0.338 e. The Morgan fingerprint density at radius 1 is 1.00 bits per heavy atom. The van der Waals surface area contributed by atoms with Gasteiger partial charge in [-0.25, -0.2) is 0 Å². The molecule has 1 saturated heterocycles. The van der Waals surface area contributed by atoms with Crippen molar-refractivity contribution in [1.82, 2.24) is 9.88 Å². The minimum absolute atomic E-state index is 0.226. The van der Waals surface area contributed by atoms with E-state index in [-0.39, 0.29) is 5.91 Å². The second-order valence-electron chi connectivity index (χ2n) is 8.23. The van der Waals surface area contributed by atoms with Gasteiger partial charge in [0.2, 0.25) is 0 Å². The molecule has 0 spiro atoms. The summed E-state index contributed by atoms with van der Waals surface area (Å²) in [6, 6.07) is 10.2. The highest BCUT2D eigenvalue weighted by atomic mass is 16.2. The predicted molar refractivity (Wildman–Crippen MR) is 99.7 cm³/mol. The average Bonchev–Trinajstić information content (AvgIpc) is 3.51. The number of amides is 1. The molecule has 0 radical (unpaired) electrons. The van der Waals surface area contributed by atoms with E-state index in [4.69, 9.17) is 4.98 Å². The van der Waals surface area contributed by atoms with Crippen molar-refractivity contribution in [3.63, 3.8) is 0 Å². The van der Waals surface area contributed by atoms with Crippen LogP contribution in [0.25, 0.3) is 10.9 Å². The van der Waals surface area contributed by atoms with Crippen molar-refractivity contribution in [1.29, 1.82) is 0 Å². The lowest BCUT2D eigenvalue weighted by Crippen LogP contribution is -2.44. The Morgan fingerprint density at radius 3 is 2.64 bits per heavy atom. The summed E-state index contributed by atoms with van der Waals surface area (Å²) in [5.74, 6) is 2.38. The summed E-state index contributed by atoms with van der Waals surface area (Å²) in [4.78, 5) is 20.3. The zero-order chi connectivity index (χ0) is 16.8. The van der Waals surface area contributed by atoms with Crippen molar-refractivity contribution in [3.8, 4) is 0 Å². The third kappa shape index (κ3) is 2.84. The lowest BCUT2D eigenvalue weighted by Gasteiger charge is -2.41. The van der Waals surface area contributed by atoms with Crippen molar-refractivity contribution < 1.29 is 4.79 Å². The van der Waals surface area contributed by atoms with Crippen LogP contribution in [0.1, 0.15) is 66.9 Å². The van der Waals surface area contributed by atoms with Crippen LogP contribution >= 0.6 is 0 Å². The summed E-state index contributed by atoms with van der Waals surface area (Å²) in [6.07, 6.45) is 9.02. The fourth-order valence-corrected chi connectivity index (χ4v) is 4.92. The van der Waals surface area contributed by atoms with Crippen LogP contribution in [0.5, 0.6) is 0 Å². The molecule has 3 fully saturated rings. The Kier molecular flexibility index (Phi) is 3.76. The Balaban J connectivity index is 1.48. The molecule has 2 aliphatic carbocycles. The number of fused-ring (bicyclic) bond motifs is 2. The molecular formula is C22H26N2O. The number of para-hydroxylation sites is 1. The number of piperidine rings is 1. The number of carbonyl (C=O) groups is 1. The molecule has 3 aliphatic rings. The summed E-state index contributed by atoms with van der Waals surface area (Å²) >= 11 is 0. The summed E-state index contributed by atoms with van der Waals surface area (Å²) in [5.41, 5.74) is 2.97. The standard InChI is InChI=1S/C22H26N2O/c25-22(24-12-11-15-5-1-2-6-17(15)14-24)19-13-21(16-9-10-16)23-20-8-4-3-7-18(19)20/h3-4,7-8,13,15-17H,1-2,5-6,9-12,14H2/t15-,17+/m1/s1. The number of hydrogen-bond acceptors (Lipinski definition) is 2. The van der Waals surface area contributed by atoms with Crippen LogP contribution in [0.2, 0.25) is 0 Å². The number of pyridine rings is 1. The van der Waals surface area contributed by atoms with E-state index in [1.54, 1.807) is 0 Å². The maximum atomic E-state index is 13.4. The summed E-state index contributed by atoms with van der Waals surface area (Å²) in [6.45, 7) is 1.88. The maximum absolute atomic E-state index is 13.4. The van der Waals surface area contributed by atoms with E-state index in [1.165, 1.54) is 44.9 Å². The molecule has 2 saturated carbocycles. The van der Waals surface area contributed by atoms with E-state index in [9.17, 15) is 4.79 Å². The number of benzene rings is 1. The van der Waals surface area contributed by atoms with Gasteiger partial charge in [-0.15, -0.1) is 0 Å². The fourth-order valence-electron chi connectivity index (χ4n) is 4.92. The monoisotopic (exact) mass is 334 g/mol. The predicted octanol–water partition coefficient (Wildman–Crippen LogP) is 4.76. The molecule has 3 heteroatoms. The molecule has 3 nitrogen and oxygen atoms in total. The molecule has 1 aromatic carbocycles. The van der Waals surface area contributed by atoms with Gasteiger partial charge in [0.25, 0.3) is 5.91 Å². The van der Waals surface area contributed by atoms with Crippen LogP contribution in [-0.4, -0.2) is 28.9 Å². The highest BCUT2D eigenvalue weighted by molar-refractivity contribution is 6.06. The molecule has 25 heavy (non-hydrogen) atoms. The molecule has 2 heterocycles. The highest BCUT2D eigenvalue weighted by Gasteiger charge is 2.34. The van der Waals surface area contributed by atoms with E-state index in [1.807, 2.05) is 18.2 Å². The lowest BCUT2D eigenvalue weighted by atomic mass is 9.75. The van der Waals surface area contributed by atoms with Gasteiger partial charge >= 0.3 is 0 Å². The molecule has 2 aromatic rings. The maximum Gasteiger partial charge on any atom is 0.254 e. The summed E-state index contributed by atoms with van der Waals surface area (Å²) in [5, 5.41) is 1.02. The van der Waals surface area contributed by atoms with Crippen molar-refractivity contribution >= 4 is 16.8 Å².